The molecular weight excluding hydrogens is 320 g/mol. The number of anilines is 1. The van der Waals surface area contributed by atoms with E-state index in [0.29, 0.717) is 5.92 Å². The second-order valence-corrected chi connectivity index (χ2v) is 7.00. The molecule has 0 amide bonds. The maximum absolute atomic E-state index is 4.53. The van der Waals surface area contributed by atoms with Gasteiger partial charge in [-0.05, 0) is 36.4 Å². The molecule has 120 valence electrons. The zero-order chi connectivity index (χ0) is 15.9. The molecule has 0 aromatic carbocycles. The van der Waals surface area contributed by atoms with Crippen LogP contribution in [-0.2, 0) is 0 Å². The molecular formula is C17H16N6S. The summed E-state index contributed by atoms with van der Waals surface area (Å²) in [7, 11) is 0. The lowest BCUT2D eigenvalue weighted by atomic mass is 9.96. The van der Waals surface area contributed by atoms with E-state index in [4.69, 9.17) is 0 Å². The van der Waals surface area contributed by atoms with Gasteiger partial charge in [0.05, 0.1) is 10.2 Å². The Morgan fingerprint density at radius 1 is 1.04 bits per heavy atom. The molecule has 0 unspecified atom stereocenters. The SMILES string of the molecule is c1ccn2c(C3CCN(c4ncnc5ccsc45)CC3)nnc2c1. The lowest BCUT2D eigenvalue weighted by Gasteiger charge is -2.32. The van der Waals surface area contributed by atoms with E-state index in [0.717, 1.165) is 48.7 Å². The third kappa shape index (κ3) is 2.16. The topological polar surface area (TPSA) is 59.2 Å². The van der Waals surface area contributed by atoms with E-state index >= 15 is 0 Å². The number of pyridine rings is 1. The highest BCUT2D eigenvalue weighted by Crippen LogP contribution is 2.33. The summed E-state index contributed by atoms with van der Waals surface area (Å²) in [5.41, 5.74) is 1.96. The Morgan fingerprint density at radius 3 is 2.88 bits per heavy atom. The van der Waals surface area contributed by atoms with Crippen LogP contribution >= 0.6 is 11.3 Å². The molecule has 5 rings (SSSR count). The van der Waals surface area contributed by atoms with E-state index in [1.807, 2.05) is 18.2 Å². The Morgan fingerprint density at radius 2 is 1.96 bits per heavy atom. The highest BCUT2D eigenvalue weighted by Gasteiger charge is 2.26. The fourth-order valence-electron chi connectivity index (χ4n) is 3.49. The molecule has 0 aliphatic carbocycles. The second-order valence-electron chi connectivity index (χ2n) is 6.08. The molecule has 0 radical (unpaired) electrons. The largest absolute Gasteiger partial charge is 0.355 e. The van der Waals surface area contributed by atoms with Crippen LogP contribution in [0.3, 0.4) is 0 Å². The minimum absolute atomic E-state index is 0.444. The van der Waals surface area contributed by atoms with Crippen molar-refractivity contribution in [2.75, 3.05) is 18.0 Å². The maximum atomic E-state index is 4.53. The quantitative estimate of drug-likeness (QED) is 0.563. The molecule has 0 saturated carbocycles. The fourth-order valence-corrected chi connectivity index (χ4v) is 4.35. The average molecular weight is 336 g/mol. The van der Waals surface area contributed by atoms with Crippen LogP contribution < -0.4 is 4.90 Å². The van der Waals surface area contributed by atoms with Crippen molar-refractivity contribution in [2.45, 2.75) is 18.8 Å². The van der Waals surface area contributed by atoms with Gasteiger partial charge in [0.25, 0.3) is 0 Å². The van der Waals surface area contributed by atoms with Crippen molar-refractivity contribution in [2.24, 2.45) is 0 Å². The molecule has 0 N–H and O–H groups in total. The molecule has 4 aromatic heterocycles. The number of nitrogens with zero attached hydrogens (tertiary/aromatic N) is 6. The van der Waals surface area contributed by atoms with Crippen molar-refractivity contribution in [3.63, 3.8) is 0 Å². The molecule has 0 atom stereocenters. The number of piperidine rings is 1. The third-order valence-electron chi connectivity index (χ3n) is 4.72. The fraction of sp³-hybridized carbons (Fsp3) is 0.294. The Bertz CT molecular complexity index is 998. The van der Waals surface area contributed by atoms with Crippen LogP contribution in [0.25, 0.3) is 15.9 Å². The monoisotopic (exact) mass is 336 g/mol. The van der Waals surface area contributed by atoms with Crippen LogP contribution in [0.2, 0.25) is 0 Å². The first kappa shape index (κ1) is 13.9. The van der Waals surface area contributed by atoms with Crippen LogP contribution in [-0.4, -0.2) is 37.7 Å². The molecule has 4 aromatic rings. The Kier molecular flexibility index (Phi) is 3.19. The highest BCUT2D eigenvalue weighted by molar-refractivity contribution is 7.17. The summed E-state index contributed by atoms with van der Waals surface area (Å²) in [6, 6.07) is 8.08. The summed E-state index contributed by atoms with van der Waals surface area (Å²) in [5, 5.41) is 10.8. The van der Waals surface area contributed by atoms with Crippen LogP contribution in [0.4, 0.5) is 5.82 Å². The van der Waals surface area contributed by atoms with E-state index in [1.165, 1.54) is 4.70 Å². The summed E-state index contributed by atoms with van der Waals surface area (Å²) in [6.45, 7) is 1.97. The maximum Gasteiger partial charge on any atom is 0.160 e. The molecule has 1 aliphatic rings. The van der Waals surface area contributed by atoms with Crippen molar-refractivity contribution in [1.82, 2.24) is 24.6 Å². The van der Waals surface area contributed by atoms with Gasteiger partial charge < -0.3 is 4.90 Å². The van der Waals surface area contributed by atoms with E-state index in [1.54, 1.807) is 17.7 Å². The number of hydrogen-bond acceptors (Lipinski definition) is 6. The Labute approximate surface area is 142 Å². The summed E-state index contributed by atoms with van der Waals surface area (Å²) < 4.78 is 3.30. The van der Waals surface area contributed by atoms with Gasteiger partial charge in [-0.3, -0.25) is 4.40 Å². The number of aromatic nitrogens is 5. The predicted octanol–water partition coefficient (Wildman–Crippen LogP) is 3.12. The average Bonchev–Trinajstić information content (AvgIpc) is 3.28. The van der Waals surface area contributed by atoms with Gasteiger partial charge in [-0.15, -0.1) is 21.5 Å². The second kappa shape index (κ2) is 5.52. The number of hydrogen-bond donors (Lipinski definition) is 0. The van der Waals surface area contributed by atoms with Crippen LogP contribution in [0.5, 0.6) is 0 Å². The zero-order valence-corrected chi connectivity index (χ0v) is 13.9. The van der Waals surface area contributed by atoms with Gasteiger partial charge in [-0.1, -0.05) is 6.07 Å². The smallest absolute Gasteiger partial charge is 0.160 e. The molecule has 7 heteroatoms. The van der Waals surface area contributed by atoms with E-state index in [9.17, 15) is 0 Å². The van der Waals surface area contributed by atoms with E-state index in [2.05, 4.69) is 47.1 Å². The third-order valence-corrected chi connectivity index (χ3v) is 5.62. The highest BCUT2D eigenvalue weighted by atomic mass is 32.1. The summed E-state index contributed by atoms with van der Waals surface area (Å²) in [6.07, 6.45) is 5.85. The minimum atomic E-state index is 0.444. The first-order valence-corrected chi connectivity index (χ1v) is 9.01. The Balaban J connectivity index is 1.40. The lowest BCUT2D eigenvalue weighted by molar-refractivity contribution is 0.481. The number of thiophene rings is 1. The van der Waals surface area contributed by atoms with Gasteiger partial charge in [-0.2, -0.15) is 0 Å². The first-order chi connectivity index (χ1) is 11.9. The summed E-state index contributed by atoms with van der Waals surface area (Å²) in [5.74, 6) is 2.59. The molecule has 1 aliphatic heterocycles. The van der Waals surface area contributed by atoms with Crippen LogP contribution in [0.15, 0.2) is 42.2 Å². The van der Waals surface area contributed by atoms with Crippen molar-refractivity contribution in [1.29, 1.82) is 0 Å². The normalized spacial score (nSPS) is 16.2. The van der Waals surface area contributed by atoms with Crippen molar-refractivity contribution in [3.05, 3.63) is 48.0 Å². The van der Waals surface area contributed by atoms with Crippen molar-refractivity contribution >= 4 is 33.0 Å². The molecule has 1 fully saturated rings. The van der Waals surface area contributed by atoms with Crippen LogP contribution in [0, 0.1) is 0 Å². The van der Waals surface area contributed by atoms with E-state index in [-0.39, 0.29) is 0 Å². The minimum Gasteiger partial charge on any atom is -0.355 e. The van der Waals surface area contributed by atoms with Crippen molar-refractivity contribution in [3.8, 4) is 0 Å². The molecule has 1 saturated heterocycles. The molecule has 24 heavy (non-hydrogen) atoms. The van der Waals surface area contributed by atoms with Gasteiger partial charge in [0, 0.05) is 25.2 Å². The molecule has 0 bridgehead atoms. The zero-order valence-electron chi connectivity index (χ0n) is 13.0. The molecule has 6 nitrogen and oxygen atoms in total. The Hall–Kier alpha value is -2.54. The summed E-state index contributed by atoms with van der Waals surface area (Å²) in [4.78, 5) is 11.2. The number of rotatable bonds is 2. The lowest BCUT2D eigenvalue weighted by Crippen LogP contribution is -2.34. The van der Waals surface area contributed by atoms with Gasteiger partial charge in [0.15, 0.2) is 5.65 Å². The number of fused-ring (bicyclic) bond motifs is 2. The summed E-state index contributed by atoms with van der Waals surface area (Å²) >= 11 is 1.71. The molecule has 5 heterocycles. The van der Waals surface area contributed by atoms with Crippen LogP contribution in [0.1, 0.15) is 24.6 Å². The molecule has 0 spiro atoms. The first-order valence-electron chi connectivity index (χ1n) is 8.13. The standard InChI is InChI=1S/C17H16N6S/c1-2-7-23-14(3-1)20-21-16(23)12-4-8-22(9-5-12)17-15-13(6-10-24-15)18-11-19-17/h1-3,6-7,10-12H,4-5,8-9H2. The van der Waals surface area contributed by atoms with Gasteiger partial charge in [0.1, 0.15) is 18.0 Å². The van der Waals surface area contributed by atoms with E-state index < -0.39 is 0 Å². The van der Waals surface area contributed by atoms with Crippen molar-refractivity contribution < 1.29 is 0 Å². The predicted molar refractivity (Wildman–Crippen MR) is 94.6 cm³/mol. The van der Waals surface area contributed by atoms with Gasteiger partial charge in [-0.25, -0.2) is 9.97 Å². The van der Waals surface area contributed by atoms with Gasteiger partial charge >= 0.3 is 0 Å². The van der Waals surface area contributed by atoms with Gasteiger partial charge in [0.2, 0.25) is 0 Å².